The normalized spacial score (nSPS) is 33.2. The lowest BCUT2D eigenvalue weighted by Crippen LogP contribution is -2.46. The molecule has 7 nitrogen and oxygen atoms in total. The van der Waals surface area contributed by atoms with E-state index in [4.69, 9.17) is 9.29 Å². The Morgan fingerprint density at radius 3 is 1.65 bits per heavy atom. The molecule has 26 heavy (non-hydrogen) atoms. The molecule has 152 valence electrons. The zero-order valence-corrected chi connectivity index (χ0v) is 16.0. The number of ether oxygens (including phenoxy) is 1. The number of aliphatic hydroxyl groups is 2. The van der Waals surface area contributed by atoms with Crippen molar-refractivity contribution in [3.05, 3.63) is 0 Å². The first-order valence-corrected chi connectivity index (χ1v) is 9.91. The molecular weight excluding hydrogens is 374 g/mol. The lowest BCUT2D eigenvalue weighted by atomic mass is 9.70. The molecule has 0 amide bonds. The number of halogens is 2. The van der Waals surface area contributed by atoms with Gasteiger partial charge in [0.2, 0.25) is 0 Å². The van der Waals surface area contributed by atoms with Crippen molar-refractivity contribution in [2.75, 3.05) is 0 Å². The van der Waals surface area contributed by atoms with Crippen LogP contribution in [0.5, 0.6) is 0 Å². The molecule has 3 N–H and O–H groups in total. The van der Waals surface area contributed by atoms with Gasteiger partial charge in [-0.2, -0.15) is 17.2 Å². The fourth-order valence-electron chi connectivity index (χ4n) is 4.98. The first kappa shape index (κ1) is 21.5. The first-order valence-electron chi connectivity index (χ1n) is 8.47. The molecule has 0 aromatic rings. The summed E-state index contributed by atoms with van der Waals surface area (Å²) in [5, 5.41) is 16.1. The smallest absolute Gasteiger partial charge is 0.457 e. The number of fused-ring (bicyclic) bond motifs is 2. The highest BCUT2D eigenvalue weighted by Gasteiger charge is 2.59. The van der Waals surface area contributed by atoms with Crippen LogP contribution in [0.3, 0.4) is 0 Å². The van der Waals surface area contributed by atoms with Crippen LogP contribution in [-0.2, 0) is 19.6 Å². The van der Waals surface area contributed by atoms with Gasteiger partial charge in [-0.15, -0.1) is 0 Å². The van der Waals surface area contributed by atoms with Gasteiger partial charge < -0.3 is 14.9 Å². The van der Waals surface area contributed by atoms with Crippen molar-refractivity contribution >= 4 is 16.1 Å². The summed E-state index contributed by atoms with van der Waals surface area (Å²) in [5.74, 6) is -3.34. The first-order chi connectivity index (χ1) is 11.5. The molecule has 0 saturated heterocycles. The van der Waals surface area contributed by atoms with Crippen LogP contribution in [0.2, 0.25) is 0 Å². The minimum absolute atomic E-state index is 0.172. The summed E-state index contributed by atoms with van der Waals surface area (Å²) in [6.45, 7) is 6.46. The molecule has 0 radical (unpaired) electrons. The summed E-state index contributed by atoms with van der Waals surface area (Å²) in [4.78, 5) is 11.6. The Bertz CT molecular complexity index is 635. The van der Waals surface area contributed by atoms with Gasteiger partial charge in [0.25, 0.3) is 0 Å². The standard InChI is InChI=1S/C16H26F2O7S/c1-14(2,20)11-8-5-9(12(11)15(3,4)21)7-10(6-8)25-13(19)16(17,18)26(22,23)24/h8-12,20-21H,5-7H2,1-4H3,(H,22,23,24). The van der Waals surface area contributed by atoms with E-state index >= 15 is 0 Å². The van der Waals surface area contributed by atoms with Crippen LogP contribution < -0.4 is 0 Å². The number of alkyl halides is 2. The number of esters is 1. The molecule has 4 unspecified atom stereocenters. The molecule has 2 rings (SSSR count). The highest BCUT2D eigenvalue weighted by Crippen LogP contribution is 2.57. The molecule has 4 atom stereocenters. The monoisotopic (exact) mass is 400 g/mol. The van der Waals surface area contributed by atoms with Crippen molar-refractivity contribution in [2.24, 2.45) is 23.7 Å². The van der Waals surface area contributed by atoms with Crippen LogP contribution >= 0.6 is 0 Å². The van der Waals surface area contributed by atoms with Gasteiger partial charge in [0.05, 0.1) is 11.2 Å². The van der Waals surface area contributed by atoms with Crippen molar-refractivity contribution in [2.45, 2.75) is 69.5 Å². The Morgan fingerprint density at radius 2 is 1.35 bits per heavy atom. The number of carbonyl (C=O) groups excluding carboxylic acids is 1. The van der Waals surface area contributed by atoms with Crippen molar-refractivity contribution in [1.29, 1.82) is 0 Å². The Kier molecular flexibility index (Phi) is 5.24. The van der Waals surface area contributed by atoms with Gasteiger partial charge >= 0.3 is 21.3 Å². The molecule has 0 spiro atoms. The third-order valence-electron chi connectivity index (χ3n) is 5.61. The highest BCUT2D eigenvalue weighted by atomic mass is 32.2. The van der Waals surface area contributed by atoms with Crippen LogP contribution in [0, 0.1) is 23.7 Å². The number of carbonyl (C=O) groups is 1. The SMILES string of the molecule is CC(C)(O)C1C2CC(OC(=O)C(F)(F)S(=O)(=O)O)CC(C2)C1C(C)(C)O. The summed E-state index contributed by atoms with van der Waals surface area (Å²) in [6, 6.07) is 0. The van der Waals surface area contributed by atoms with Crippen molar-refractivity contribution in [3.63, 3.8) is 0 Å². The zero-order valence-electron chi connectivity index (χ0n) is 15.1. The second kappa shape index (κ2) is 6.35. The predicted octanol–water partition coefficient (Wildman–Crippen LogP) is 1.58. The summed E-state index contributed by atoms with van der Waals surface area (Å²) < 4.78 is 61.4. The number of hydrogen-bond acceptors (Lipinski definition) is 6. The molecule has 0 aliphatic heterocycles. The second-order valence-electron chi connectivity index (χ2n) is 8.61. The van der Waals surface area contributed by atoms with Gasteiger partial charge in [0, 0.05) is 0 Å². The fourth-order valence-corrected chi connectivity index (χ4v) is 5.24. The van der Waals surface area contributed by atoms with E-state index < -0.39 is 38.6 Å². The Labute approximate surface area is 151 Å². The average molecular weight is 400 g/mol. The van der Waals surface area contributed by atoms with Gasteiger partial charge in [-0.05, 0) is 70.6 Å². The average Bonchev–Trinajstić information content (AvgIpc) is 2.68. The van der Waals surface area contributed by atoms with Gasteiger partial charge in [0.15, 0.2) is 0 Å². The molecule has 2 saturated carbocycles. The van der Waals surface area contributed by atoms with E-state index in [0.29, 0.717) is 6.42 Å². The van der Waals surface area contributed by atoms with E-state index in [1.807, 2.05) is 0 Å². The summed E-state index contributed by atoms with van der Waals surface area (Å²) in [5.41, 5.74) is -2.28. The van der Waals surface area contributed by atoms with Crippen molar-refractivity contribution in [3.8, 4) is 0 Å². The Balaban J connectivity index is 2.23. The minimum Gasteiger partial charge on any atom is -0.457 e. The summed E-state index contributed by atoms with van der Waals surface area (Å²) >= 11 is 0. The third kappa shape index (κ3) is 3.88. The summed E-state index contributed by atoms with van der Waals surface area (Å²) in [6.07, 6.45) is 0.0124. The van der Waals surface area contributed by atoms with Crippen LogP contribution in [-0.4, -0.2) is 51.7 Å². The van der Waals surface area contributed by atoms with E-state index in [9.17, 15) is 32.2 Å². The minimum atomic E-state index is -5.92. The molecule has 10 heteroatoms. The maximum atomic E-state index is 13.4. The topological polar surface area (TPSA) is 121 Å². The van der Waals surface area contributed by atoms with E-state index in [-0.39, 0.29) is 36.5 Å². The van der Waals surface area contributed by atoms with Crippen molar-refractivity contribution < 1.29 is 41.5 Å². The quantitative estimate of drug-likeness (QED) is 0.473. The summed E-state index contributed by atoms with van der Waals surface area (Å²) in [7, 11) is -5.92. The molecule has 2 bridgehead atoms. The van der Waals surface area contributed by atoms with E-state index in [1.165, 1.54) is 0 Å². The van der Waals surface area contributed by atoms with E-state index in [1.54, 1.807) is 27.7 Å². The lowest BCUT2D eigenvalue weighted by molar-refractivity contribution is -0.169. The maximum absolute atomic E-state index is 13.4. The van der Waals surface area contributed by atoms with Crippen LogP contribution in [0.25, 0.3) is 0 Å². The molecule has 0 heterocycles. The van der Waals surface area contributed by atoms with Gasteiger partial charge in [-0.1, -0.05) is 0 Å². The second-order valence-corrected chi connectivity index (χ2v) is 10.1. The molecule has 0 aromatic carbocycles. The third-order valence-corrected chi connectivity index (χ3v) is 6.42. The maximum Gasteiger partial charge on any atom is 0.465 e. The van der Waals surface area contributed by atoms with Gasteiger partial charge in [-0.3, -0.25) is 4.55 Å². The lowest BCUT2D eigenvalue weighted by Gasteiger charge is -2.40. The molecule has 0 aromatic heterocycles. The molecule has 2 fully saturated rings. The Morgan fingerprint density at radius 1 is 0.962 bits per heavy atom. The molecule has 2 aliphatic carbocycles. The number of rotatable bonds is 5. The largest absolute Gasteiger partial charge is 0.465 e. The number of hydrogen-bond donors (Lipinski definition) is 3. The van der Waals surface area contributed by atoms with E-state index in [0.717, 1.165) is 0 Å². The van der Waals surface area contributed by atoms with Gasteiger partial charge in [-0.25, -0.2) is 4.79 Å². The fraction of sp³-hybridized carbons (Fsp3) is 0.938. The van der Waals surface area contributed by atoms with Crippen LogP contribution in [0.15, 0.2) is 0 Å². The van der Waals surface area contributed by atoms with Gasteiger partial charge in [0.1, 0.15) is 6.10 Å². The van der Waals surface area contributed by atoms with Crippen molar-refractivity contribution in [1.82, 2.24) is 0 Å². The van der Waals surface area contributed by atoms with E-state index in [2.05, 4.69) is 0 Å². The Hall–Kier alpha value is -0.840. The van der Waals surface area contributed by atoms with Crippen LogP contribution in [0.4, 0.5) is 8.78 Å². The zero-order chi connectivity index (χ0) is 20.3. The molecule has 2 aliphatic rings. The predicted molar refractivity (Wildman–Crippen MR) is 86.8 cm³/mol. The highest BCUT2D eigenvalue weighted by molar-refractivity contribution is 7.87. The van der Waals surface area contributed by atoms with Crippen LogP contribution in [0.1, 0.15) is 47.0 Å². The molecular formula is C16H26F2O7S.